The van der Waals surface area contributed by atoms with Crippen molar-refractivity contribution < 1.29 is 5.11 Å². The molecule has 3 rings (SSSR count). The van der Waals surface area contributed by atoms with E-state index in [0.717, 1.165) is 31.5 Å². The standard InChI is InChI=1S/C18H21NOS/c1-14-4-2-3-5-17(14)21-16-8-6-15(7-9-16)18(20)10-12-19-13-11-18/h2-9,19-20H,10-13H2,1H3. The van der Waals surface area contributed by atoms with Gasteiger partial charge in [-0.05, 0) is 62.2 Å². The quantitative estimate of drug-likeness (QED) is 0.906. The van der Waals surface area contributed by atoms with Gasteiger partial charge in [-0.15, -0.1) is 0 Å². The Morgan fingerprint density at radius 2 is 1.67 bits per heavy atom. The van der Waals surface area contributed by atoms with Crippen LogP contribution in [0.3, 0.4) is 0 Å². The van der Waals surface area contributed by atoms with Gasteiger partial charge in [0.25, 0.3) is 0 Å². The molecular weight excluding hydrogens is 278 g/mol. The molecule has 110 valence electrons. The Morgan fingerprint density at radius 1 is 1.00 bits per heavy atom. The van der Waals surface area contributed by atoms with Crippen molar-refractivity contribution in [3.05, 3.63) is 59.7 Å². The lowest BCUT2D eigenvalue weighted by atomic mass is 9.85. The fourth-order valence-corrected chi connectivity index (χ4v) is 3.66. The summed E-state index contributed by atoms with van der Waals surface area (Å²) in [6.45, 7) is 3.90. The van der Waals surface area contributed by atoms with Crippen molar-refractivity contribution in [1.29, 1.82) is 0 Å². The molecule has 1 heterocycles. The Labute approximate surface area is 130 Å². The van der Waals surface area contributed by atoms with E-state index in [2.05, 4.69) is 60.8 Å². The maximum atomic E-state index is 10.7. The van der Waals surface area contributed by atoms with Gasteiger partial charge in [0.15, 0.2) is 0 Å². The van der Waals surface area contributed by atoms with Gasteiger partial charge in [0, 0.05) is 9.79 Å². The second-order valence-electron chi connectivity index (χ2n) is 5.67. The number of hydrogen-bond acceptors (Lipinski definition) is 3. The summed E-state index contributed by atoms with van der Waals surface area (Å²) in [6.07, 6.45) is 1.58. The molecule has 1 fully saturated rings. The van der Waals surface area contributed by atoms with Crippen LogP contribution in [0.2, 0.25) is 0 Å². The molecule has 0 bridgehead atoms. The monoisotopic (exact) mass is 299 g/mol. The zero-order valence-electron chi connectivity index (χ0n) is 12.3. The highest BCUT2D eigenvalue weighted by Gasteiger charge is 2.30. The van der Waals surface area contributed by atoms with E-state index in [1.165, 1.54) is 15.4 Å². The third kappa shape index (κ3) is 3.31. The van der Waals surface area contributed by atoms with Gasteiger partial charge < -0.3 is 10.4 Å². The minimum atomic E-state index is -0.656. The highest BCUT2D eigenvalue weighted by Crippen LogP contribution is 2.34. The molecule has 2 N–H and O–H groups in total. The largest absolute Gasteiger partial charge is 0.385 e. The minimum absolute atomic E-state index is 0.656. The Morgan fingerprint density at radius 3 is 2.33 bits per heavy atom. The van der Waals surface area contributed by atoms with Crippen LogP contribution in [-0.4, -0.2) is 18.2 Å². The van der Waals surface area contributed by atoms with E-state index < -0.39 is 5.60 Å². The lowest BCUT2D eigenvalue weighted by Gasteiger charge is -2.33. The van der Waals surface area contributed by atoms with Crippen LogP contribution in [0.15, 0.2) is 58.3 Å². The van der Waals surface area contributed by atoms with Crippen molar-refractivity contribution in [2.45, 2.75) is 35.2 Å². The first-order valence-corrected chi connectivity index (χ1v) is 8.26. The Hall–Kier alpha value is -1.29. The van der Waals surface area contributed by atoms with Crippen LogP contribution in [0.25, 0.3) is 0 Å². The van der Waals surface area contributed by atoms with E-state index in [1.54, 1.807) is 11.8 Å². The fourth-order valence-electron chi connectivity index (χ4n) is 2.76. The minimum Gasteiger partial charge on any atom is -0.385 e. The molecule has 0 amide bonds. The number of nitrogens with one attached hydrogen (secondary N) is 1. The van der Waals surface area contributed by atoms with Crippen LogP contribution >= 0.6 is 11.8 Å². The summed E-state index contributed by atoms with van der Waals surface area (Å²) in [5.41, 5.74) is 1.68. The molecule has 0 saturated carbocycles. The van der Waals surface area contributed by atoms with E-state index in [1.807, 2.05) is 0 Å². The van der Waals surface area contributed by atoms with Gasteiger partial charge in [0.05, 0.1) is 5.60 Å². The van der Waals surface area contributed by atoms with Gasteiger partial charge in [-0.1, -0.05) is 42.1 Å². The summed E-state index contributed by atoms with van der Waals surface area (Å²) in [6, 6.07) is 16.8. The number of hydrogen-bond donors (Lipinski definition) is 2. The van der Waals surface area contributed by atoms with E-state index in [9.17, 15) is 5.11 Å². The topological polar surface area (TPSA) is 32.3 Å². The lowest BCUT2D eigenvalue weighted by Crippen LogP contribution is -2.39. The fraction of sp³-hybridized carbons (Fsp3) is 0.333. The van der Waals surface area contributed by atoms with Gasteiger partial charge in [-0.3, -0.25) is 0 Å². The van der Waals surface area contributed by atoms with E-state index in [-0.39, 0.29) is 0 Å². The van der Waals surface area contributed by atoms with Crippen LogP contribution in [0.4, 0.5) is 0 Å². The summed E-state index contributed by atoms with van der Waals surface area (Å²) >= 11 is 1.77. The predicted octanol–water partition coefficient (Wildman–Crippen LogP) is 3.72. The molecule has 2 aromatic carbocycles. The Balaban J connectivity index is 1.76. The van der Waals surface area contributed by atoms with Crippen molar-refractivity contribution >= 4 is 11.8 Å². The molecule has 1 saturated heterocycles. The maximum Gasteiger partial charge on any atom is 0.0920 e. The van der Waals surface area contributed by atoms with Crippen molar-refractivity contribution in [2.24, 2.45) is 0 Å². The molecular formula is C18H21NOS. The average molecular weight is 299 g/mol. The highest BCUT2D eigenvalue weighted by molar-refractivity contribution is 7.99. The molecule has 1 aliphatic heterocycles. The first kappa shape index (κ1) is 14.6. The normalized spacial score (nSPS) is 17.6. The highest BCUT2D eigenvalue weighted by atomic mass is 32.2. The Bertz CT molecular complexity index is 603. The summed E-state index contributed by atoms with van der Waals surface area (Å²) < 4.78 is 0. The second kappa shape index (κ2) is 6.22. The molecule has 3 heteroatoms. The number of aryl methyl sites for hydroxylation is 1. The van der Waals surface area contributed by atoms with Crippen molar-refractivity contribution in [2.75, 3.05) is 13.1 Å². The van der Waals surface area contributed by atoms with Crippen molar-refractivity contribution in [3.63, 3.8) is 0 Å². The third-order valence-corrected chi connectivity index (χ3v) is 5.33. The molecule has 2 aromatic rings. The van der Waals surface area contributed by atoms with Gasteiger partial charge >= 0.3 is 0 Å². The third-order valence-electron chi connectivity index (χ3n) is 4.14. The molecule has 2 nitrogen and oxygen atoms in total. The molecule has 0 atom stereocenters. The van der Waals surface area contributed by atoms with E-state index >= 15 is 0 Å². The Kier molecular flexibility index (Phi) is 4.34. The smallest absolute Gasteiger partial charge is 0.0920 e. The lowest BCUT2D eigenvalue weighted by molar-refractivity contribution is 0.00590. The molecule has 0 aromatic heterocycles. The molecule has 0 aliphatic carbocycles. The summed E-state index contributed by atoms with van der Waals surface area (Å²) in [7, 11) is 0. The zero-order valence-corrected chi connectivity index (χ0v) is 13.1. The summed E-state index contributed by atoms with van der Waals surface area (Å²) in [5.74, 6) is 0. The number of benzene rings is 2. The van der Waals surface area contributed by atoms with Crippen molar-refractivity contribution in [1.82, 2.24) is 5.32 Å². The van der Waals surface area contributed by atoms with Crippen LogP contribution in [0.1, 0.15) is 24.0 Å². The van der Waals surface area contributed by atoms with Crippen LogP contribution < -0.4 is 5.32 Å². The van der Waals surface area contributed by atoms with Crippen LogP contribution in [0, 0.1) is 6.92 Å². The van der Waals surface area contributed by atoms with E-state index in [4.69, 9.17) is 0 Å². The van der Waals surface area contributed by atoms with Crippen molar-refractivity contribution in [3.8, 4) is 0 Å². The first-order valence-electron chi connectivity index (χ1n) is 7.44. The van der Waals surface area contributed by atoms with Crippen LogP contribution in [0.5, 0.6) is 0 Å². The van der Waals surface area contributed by atoms with Gasteiger partial charge in [0.2, 0.25) is 0 Å². The summed E-state index contributed by atoms with van der Waals surface area (Å²) in [4.78, 5) is 2.50. The maximum absolute atomic E-state index is 10.7. The summed E-state index contributed by atoms with van der Waals surface area (Å²) in [5, 5.41) is 14.0. The van der Waals surface area contributed by atoms with Gasteiger partial charge in [0.1, 0.15) is 0 Å². The average Bonchev–Trinajstić information content (AvgIpc) is 2.51. The molecule has 0 spiro atoms. The zero-order chi connectivity index (χ0) is 14.7. The SMILES string of the molecule is Cc1ccccc1Sc1ccc(C2(O)CCNCC2)cc1. The number of aliphatic hydroxyl groups is 1. The predicted molar refractivity (Wildman–Crippen MR) is 87.7 cm³/mol. The van der Waals surface area contributed by atoms with Crippen LogP contribution in [-0.2, 0) is 5.60 Å². The van der Waals surface area contributed by atoms with E-state index in [0.29, 0.717) is 0 Å². The second-order valence-corrected chi connectivity index (χ2v) is 6.79. The van der Waals surface area contributed by atoms with Gasteiger partial charge in [-0.25, -0.2) is 0 Å². The van der Waals surface area contributed by atoms with Gasteiger partial charge in [-0.2, -0.15) is 0 Å². The molecule has 0 unspecified atom stereocenters. The molecule has 21 heavy (non-hydrogen) atoms. The molecule has 0 radical (unpaired) electrons. The number of piperidine rings is 1. The first-order chi connectivity index (χ1) is 10.2. The molecule has 1 aliphatic rings. The number of rotatable bonds is 3.